The van der Waals surface area contributed by atoms with Crippen molar-refractivity contribution in [3.05, 3.63) is 0 Å². The molecule has 0 spiro atoms. The maximum Gasteiger partial charge on any atom is 0.0617 e. The highest BCUT2D eigenvalue weighted by Crippen LogP contribution is 2.18. The molecule has 0 unspecified atom stereocenters. The Kier molecular flexibility index (Phi) is 6.45. The van der Waals surface area contributed by atoms with Gasteiger partial charge in [-0.25, -0.2) is 0 Å². The molecule has 0 aliphatic rings. The van der Waals surface area contributed by atoms with Gasteiger partial charge >= 0.3 is 0 Å². The van der Waals surface area contributed by atoms with Crippen molar-refractivity contribution in [1.82, 2.24) is 0 Å². The normalized spacial score (nSPS) is 16.0. The van der Waals surface area contributed by atoms with E-state index in [1.807, 2.05) is 13.8 Å². The third-order valence-electron chi connectivity index (χ3n) is 2.58. The van der Waals surface area contributed by atoms with Crippen LogP contribution in [0.4, 0.5) is 0 Å². The highest BCUT2D eigenvalue weighted by molar-refractivity contribution is 4.69. The first-order chi connectivity index (χ1) is 5.62. The molecule has 74 valence electrons. The predicted molar refractivity (Wildman–Crippen MR) is 54.3 cm³/mol. The van der Waals surface area contributed by atoms with Crippen molar-refractivity contribution in [2.24, 2.45) is 0 Å². The minimum Gasteiger partial charge on any atom is -0.390 e. The Morgan fingerprint density at radius 1 is 1.00 bits per heavy atom. The van der Waals surface area contributed by atoms with Crippen molar-refractivity contribution in [3.63, 3.8) is 0 Å². The van der Waals surface area contributed by atoms with Crippen molar-refractivity contribution >= 4 is 0 Å². The van der Waals surface area contributed by atoms with Crippen LogP contribution in [-0.4, -0.2) is 10.7 Å². The second-order valence-electron chi connectivity index (χ2n) is 4.01. The van der Waals surface area contributed by atoms with E-state index < -0.39 is 5.60 Å². The zero-order chi connectivity index (χ0) is 9.45. The lowest BCUT2D eigenvalue weighted by Crippen LogP contribution is -2.22. The summed E-state index contributed by atoms with van der Waals surface area (Å²) in [5.74, 6) is 0. The minimum atomic E-state index is -0.411. The van der Waals surface area contributed by atoms with Crippen LogP contribution >= 0.6 is 0 Å². The Morgan fingerprint density at radius 3 is 2.08 bits per heavy atom. The molecule has 1 N–H and O–H groups in total. The van der Waals surface area contributed by atoms with Gasteiger partial charge < -0.3 is 5.11 Å². The topological polar surface area (TPSA) is 20.2 Å². The van der Waals surface area contributed by atoms with Crippen LogP contribution in [0.15, 0.2) is 0 Å². The summed E-state index contributed by atoms with van der Waals surface area (Å²) < 4.78 is 0. The summed E-state index contributed by atoms with van der Waals surface area (Å²) in [6, 6.07) is 0. The monoisotopic (exact) mass is 172 g/mol. The quantitative estimate of drug-likeness (QED) is 0.583. The lowest BCUT2D eigenvalue weighted by Gasteiger charge is -2.20. The van der Waals surface area contributed by atoms with Crippen LogP contribution < -0.4 is 0 Å². The number of hydrogen-bond acceptors (Lipinski definition) is 1. The van der Waals surface area contributed by atoms with E-state index in [0.29, 0.717) is 0 Å². The molecular weight excluding hydrogens is 148 g/mol. The molecule has 0 fully saturated rings. The third kappa shape index (κ3) is 6.66. The van der Waals surface area contributed by atoms with Crippen molar-refractivity contribution in [3.8, 4) is 0 Å². The Balaban J connectivity index is 3.19. The van der Waals surface area contributed by atoms with Gasteiger partial charge in [0, 0.05) is 0 Å². The number of unbranched alkanes of at least 4 members (excludes halogenated alkanes) is 4. The second-order valence-corrected chi connectivity index (χ2v) is 4.01. The van der Waals surface area contributed by atoms with Crippen LogP contribution in [0, 0.1) is 0 Å². The molecule has 1 nitrogen and oxygen atoms in total. The van der Waals surface area contributed by atoms with Crippen molar-refractivity contribution < 1.29 is 5.11 Å². The fourth-order valence-electron chi connectivity index (χ4n) is 1.29. The van der Waals surface area contributed by atoms with E-state index >= 15 is 0 Å². The molecule has 0 aromatic heterocycles. The Hall–Kier alpha value is -0.0400. The highest BCUT2D eigenvalue weighted by Gasteiger charge is 2.15. The Bertz CT molecular complexity index is 97.2. The van der Waals surface area contributed by atoms with Gasteiger partial charge in [-0.05, 0) is 19.8 Å². The average molecular weight is 172 g/mol. The van der Waals surface area contributed by atoms with Gasteiger partial charge in [0.2, 0.25) is 0 Å². The molecule has 1 heteroatoms. The third-order valence-corrected chi connectivity index (χ3v) is 2.58. The molecule has 0 aromatic carbocycles. The molecule has 0 radical (unpaired) electrons. The summed E-state index contributed by atoms with van der Waals surface area (Å²) in [5.41, 5.74) is -0.411. The number of aliphatic hydroxyl groups is 1. The van der Waals surface area contributed by atoms with Crippen LogP contribution in [-0.2, 0) is 0 Å². The fraction of sp³-hybridized carbons (Fsp3) is 1.00. The SMILES string of the molecule is CCCCCCC[C@@](C)(O)CC. The molecule has 0 saturated carbocycles. The summed E-state index contributed by atoms with van der Waals surface area (Å²) in [6.45, 7) is 6.21. The lowest BCUT2D eigenvalue weighted by atomic mass is 9.95. The summed E-state index contributed by atoms with van der Waals surface area (Å²) in [4.78, 5) is 0. The maximum absolute atomic E-state index is 9.68. The standard InChI is InChI=1S/C11H24O/c1-4-6-7-8-9-10-11(3,12)5-2/h12H,4-10H2,1-3H3/t11-/m0/s1. The minimum absolute atomic E-state index is 0.411. The van der Waals surface area contributed by atoms with Gasteiger partial charge in [0.05, 0.1) is 5.60 Å². The predicted octanol–water partition coefficient (Wildman–Crippen LogP) is 3.51. The van der Waals surface area contributed by atoms with Gasteiger partial charge in [0.25, 0.3) is 0 Å². The average Bonchev–Trinajstić information content (AvgIpc) is 2.04. The zero-order valence-electron chi connectivity index (χ0n) is 8.90. The van der Waals surface area contributed by atoms with E-state index in [0.717, 1.165) is 12.8 Å². The van der Waals surface area contributed by atoms with E-state index in [-0.39, 0.29) is 0 Å². The van der Waals surface area contributed by atoms with E-state index in [1.165, 1.54) is 32.1 Å². The highest BCUT2D eigenvalue weighted by atomic mass is 16.3. The van der Waals surface area contributed by atoms with Gasteiger partial charge in [-0.15, -0.1) is 0 Å². The molecular formula is C11H24O. The second kappa shape index (κ2) is 6.47. The van der Waals surface area contributed by atoms with Gasteiger partial charge in [-0.3, -0.25) is 0 Å². The number of rotatable bonds is 7. The van der Waals surface area contributed by atoms with E-state index in [2.05, 4.69) is 6.92 Å². The smallest absolute Gasteiger partial charge is 0.0617 e. The van der Waals surface area contributed by atoms with Gasteiger partial charge in [0.1, 0.15) is 0 Å². The van der Waals surface area contributed by atoms with Crippen molar-refractivity contribution in [2.75, 3.05) is 0 Å². The first kappa shape index (κ1) is 12.0. The molecule has 0 aliphatic carbocycles. The summed E-state index contributed by atoms with van der Waals surface area (Å²) >= 11 is 0. The maximum atomic E-state index is 9.68. The van der Waals surface area contributed by atoms with E-state index in [4.69, 9.17) is 0 Å². The molecule has 12 heavy (non-hydrogen) atoms. The summed E-state index contributed by atoms with van der Waals surface area (Å²) in [5, 5.41) is 9.68. The molecule has 0 saturated heterocycles. The molecule has 0 amide bonds. The van der Waals surface area contributed by atoms with Gasteiger partial charge in [-0.1, -0.05) is 46.0 Å². The molecule has 0 bridgehead atoms. The molecule has 0 rings (SSSR count). The van der Waals surface area contributed by atoms with Crippen molar-refractivity contribution in [2.45, 2.75) is 71.3 Å². The first-order valence-electron chi connectivity index (χ1n) is 5.34. The van der Waals surface area contributed by atoms with Crippen molar-refractivity contribution in [1.29, 1.82) is 0 Å². The molecule has 0 aliphatic heterocycles. The van der Waals surface area contributed by atoms with E-state index in [9.17, 15) is 5.11 Å². The van der Waals surface area contributed by atoms with E-state index in [1.54, 1.807) is 0 Å². The van der Waals surface area contributed by atoms with Gasteiger partial charge in [-0.2, -0.15) is 0 Å². The molecule has 0 heterocycles. The fourth-order valence-corrected chi connectivity index (χ4v) is 1.29. The lowest BCUT2D eigenvalue weighted by molar-refractivity contribution is 0.0442. The van der Waals surface area contributed by atoms with Crippen LogP contribution in [0.3, 0.4) is 0 Å². The van der Waals surface area contributed by atoms with Crippen LogP contribution in [0.1, 0.15) is 65.7 Å². The largest absolute Gasteiger partial charge is 0.390 e. The summed E-state index contributed by atoms with van der Waals surface area (Å²) in [6.07, 6.45) is 8.27. The van der Waals surface area contributed by atoms with Crippen LogP contribution in [0.2, 0.25) is 0 Å². The Labute approximate surface area is 77.2 Å². The van der Waals surface area contributed by atoms with Gasteiger partial charge in [0.15, 0.2) is 0 Å². The number of hydrogen-bond donors (Lipinski definition) is 1. The molecule has 0 aromatic rings. The Morgan fingerprint density at radius 2 is 1.58 bits per heavy atom. The van der Waals surface area contributed by atoms with Crippen LogP contribution in [0.5, 0.6) is 0 Å². The van der Waals surface area contributed by atoms with Crippen LogP contribution in [0.25, 0.3) is 0 Å². The molecule has 1 atom stereocenters. The summed E-state index contributed by atoms with van der Waals surface area (Å²) in [7, 11) is 0. The zero-order valence-corrected chi connectivity index (χ0v) is 8.90. The first-order valence-corrected chi connectivity index (χ1v) is 5.34.